The summed E-state index contributed by atoms with van der Waals surface area (Å²) in [5, 5.41) is 0. The molecule has 0 unspecified atom stereocenters. The zero-order valence-corrected chi connectivity index (χ0v) is 13.8. The lowest BCUT2D eigenvalue weighted by molar-refractivity contribution is -0.138. The van der Waals surface area contributed by atoms with Crippen LogP contribution in [-0.4, -0.2) is 31.1 Å². The van der Waals surface area contributed by atoms with Crippen LogP contribution in [0.4, 0.5) is 13.2 Å². The summed E-state index contributed by atoms with van der Waals surface area (Å²) in [6, 6.07) is 11.8. The van der Waals surface area contributed by atoms with E-state index in [-0.39, 0.29) is 5.75 Å². The predicted octanol–water partition coefficient (Wildman–Crippen LogP) is 4.97. The monoisotopic (exact) mass is 351 g/mol. The van der Waals surface area contributed by atoms with Crippen LogP contribution < -0.4 is 9.47 Å². The fourth-order valence-electron chi connectivity index (χ4n) is 2.82. The Morgan fingerprint density at radius 1 is 0.880 bits per heavy atom. The maximum absolute atomic E-state index is 13.0. The van der Waals surface area contributed by atoms with Crippen molar-refractivity contribution in [3.8, 4) is 17.2 Å². The lowest BCUT2D eigenvalue weighted by Gasteiger charge is -2.15. The highest BCUT2D eigenvalue weighted by molar-refractivity contribution is 5.40. The lowest BCUT2D eigenvalue weighted by Crippen LogP contribution is -2.25. The van der Waals surface area contributed by atoms with Crippen LogP contribution in [0, 0.1) is 0 Å². The predicted molar refractivity (Wildman–Crippen MR) is 89.1 cm³/mol. The number of rotatable bonds is 6. The van der Waals surface area contributed by atoms with Crippen molar-refractivity contribution in [2.75, 3.05) is 26.2 Å². The van der Waals surface area contributed by atoms with Crippen LogP contribution in [0.25, 0.3) is 0 Å². The smallest absolute Gasteiger partial charge is 0.419 e. The largest absolute Gasteiger partial charge is 0.492 e. The van der Waals surface area contributed by atoms with Crippen LogP contribution >= 0.6 is 0 Å². The third-order valence-electron chi connectivity index (χ3n) is 4.12. The van der Waals surface area contributed by atoms with E-state index in [2.05, 4.69) is 4.90 Å². The van der Waals surface area contributed by atoms with Gasteiger partial charge in [-0.3, -0.25) is 4.90 Å². The van der Waals surface area contributed by atoms with Crippen molar-refractivity contribution >= 4 is 0 Å². The molecule has 0 aliphatic carbocycles. The Morgan fingerprint density at radius 3 is 2.20 bits per heavy atom. The molecule has 6 heteroatoms. The van der Waals surface area contributed by atoms with Crippen molar-refractivity contribution in [2.45, 2.75) is 19.0 Å². The Morgan fingerprint density at radius 2 is 1.52 bits per heavy atom. The van der Waals surface area contributed by atoms with E-state index >= 15 is 0 Å². The molecule has 0 saturated carbocycles. The van der Waals surface area contributed by atoms with Crippen molar-refractivity contribution in [3.05, 3.63) is 54.1 Å². The number of alkyl halides is 3. The summed E-state index contributed by atoms with van der Waals surface area (Å²) in [5.41, 5.74) is -0.791. The maximum atomic E-state index is 13.0. The van der Waals surface area contributed by atoms with Crippen LogP contribution in [-0.2, 0) is 6.18 Å². The number of nitrogens with zero attached hydrogens (tertiary/aromatic N) is 1. The zero-order valence-electron chi connectivity index (χ0n) is 13.8. The van der Waals surface area contributed by atoms with E-state index in [1.807, 2.05) is 0 Å². The molecule has 2 aromatic rings. The van der Waals surface area contributed by atoms with Gasteiger partial charge in [0.05, 0.1) is 5.56 Å². The van der Waals surface area contributed by atoms with E-state index in [1.165, 1.54) is 31.0 Å². The fraction of sp³-hybridized carbons (Fsp3) is 0.368. The fourth-order valence-corrected chi connectivity index (χ4v) is 2.82. The third-order valence-corrected chi connectivity index (χ3v) is 4.12. The molecule has 1 aliphatic heterocycles. The Kier molecular flexibility index (Phi) is 5.48. The number of para-hydroxylation sites is 1. The number of benzene rings is 2. The molecule has 2 aromatic carbocycles. The van der Waals surface area contributed by atoms with Crippen molar-refractivity contribution in [1.82, 2.24) is 4.90 Å². The molecule has 0 aromatic heterocycles. The first-order valence-electron chi connectivity index (χ1n) is 8.32. The molecule has 0 atom stereocenters. The van der Waals surface area contributed by atoms with E-state index in [0.29, 0.717) is 18.1 Å². The molecule has 3 nitrogen and oxygen atoms in total. The molecule has 0 bridgehead atoms. The number of halogens is 3. The number of hydrogen-bond donors (Lipinski definition) is 0. The van der Waals surface area contributed by atoms with Crippen LogP contribution in [0.1, 0.15) is 18.4 Å². The third kappa shape index (κ3) is 4.89. The van der Waals surface area contributed by atoms with Gasteiger partial charge in [0, 0.05) is 6.54 Å². The van der Waals surface area contributed by atoms with Gasteiger partial charge in [-0.2, -0.15) is 13.2 Å². The molecule has 1 aliphatic rings. The van der Waals surface area contributed by atoms with E-state index in [0.717, 1.165) is 25.7 Å². The molecule has 0 N–H and O–H groups in total. The standard InChI is InChI=1S/C19H20F3NO2/c20-19(21,22)17-5-1-2-6-18(17)25-16-9-7-15(8-10-16)24-14-13-23-11-3-4-12-23/h1-2,5-10H,3-4,11-14H2. The maximum Gasteiger partial charge on any atom is 0.419 e. The van der Waals surface area contributed by atoms with Crippen molar-refractivity contribution in [1.29, 1.82) is 0 Å². The molecule has 25 heavy (non-hydrogen) atoms. The van der Waals surface area contributed by atoms with Gasteiger partial charge < -0.3 is 9.47 Å². The molecule has 0 radical (unpaired) electrons. The van der Waals surface area contributed by atoms with E-state index in [1.54, 1.807) is 24.3 Å². The second-order valence-electron chi connectivity index (χ2n) is 5.96. The second kappa shape index (κ2) is 7.78. The molecular weight excluding hydrogens is 331 g/mol. The minimum absolute atomic E-state index is 0.210. The van der Waals surface area contributed by atoms with Crippen LogP contribution in [0.5, 0.6) is 17.2 Å². The molecule has 0 amide bonds. The SMILES string of the molecule is FC(F)(F)c1ccccc1Oc1ccc(OCCN2CCCC2)cc1. The van der Waals surface area contributed by atoms with Crippen LogP contribution in [0.15, 0.2) is 48.5 Å². The Hall–Kier alpha value is -2.21. The van der Waals surface area contributed by atoms with E-state index in [4.69, 9.17) is 9.47 Å². The molecule has 134 valence electrons. The topological polar surface area (TPSA) is 21.7 Å². The molecule has 3 rings (SSSR count). The zero-order chi connectivity index (χ0) is 17.7. The highest BCUT2D eigenvalue weighted by Crippen LogP contribution is 2.38. The molecule has 0 spiro atoms. The van der Waals surface area contributed by atoms with Crippen molar-refractivity contribution in [2.24, 2.45) is 0 Å². The van der Waals surface area contributed by atoms with Gasteiger partial charge in [-0.25, -0.2) is 0 Å². The summed E-state index contributed by atoms with van der Waals surface area (Å²) in [6.07, 6.45) is -1.97. The minimum Gasteiger partial charge on any atom is -0.492 e. The summed E-state index contributed by atoms with van der Waals surface area (Å²) in [5.74, 6) is 0.803. The average Bonchev–Trinajstić information content (AvgIpc) is 3.09. The van der Waals surface area contributed by atoms with Gasteiger partial charge in [0.15, 0.2) is 0 Å². The molecular formula is C19H20F3NO2. The highest BCUT2D eigenvalue weighted by atomic mass is 19.4. The first kappa shape index (κ1) is 17.6. The van der Waals surface area contributed by atoms with Crippen molar-refractivity contribution in [3.63, 3.8) is 0 Å². The van der Waals surface area contributed by atoms with Crippen LogP contribution in [0.2, 0.25) is 0 Å². The summed E-state index contributed by atoms with van der Waals surface area (Å²) < 4.78 is 50.0. The number of hydrogen-bond acceptors (Lipinski definition) is 3. The Bertz CT molecular complexity index is 680. The van der Waals surface area contributed by atoms with Crippen molar-refractivity contribution < 1.29 is 22.6 Å². The van der Waals surface area contributed by atoms with Gasteiger partial charge in [-0.05, 0) is 62.3 Å². The van der Waals surface area contributed by atoms with Gasteiger partial charge in [0.25, 0.3) is 0 Å². The molecule has 1 saturated heterocycles. The summed E-state index contributed by atoms with van der Waals surface area (Å²) in [4.78, 5) is 2.35. The summed E-state index contributed by atoms with van der Waals surface area (Å²) >= 11 is 0. The Balaban J connectivity index is 1.57. The molecule has 1 heterocycles. The van der Waals surface area contributed by atoms with E-state index < -0.39 is 11.7 Å². The van der Waals surface area contributed by atoms with Gasteiger partial charge in [0.2, 0.25) is 0 Å². The lowest BCUT2D eigenvalue weighted by atomic mass is 10.2. The molecule has 1 fully saturated rings. The van der Waals surface area contributed by atoms with Crippen LogP contribution in [0.3, 0.4) is 0 Å². The second-order valence-corrected chi connectivity index (χ2v) is 5.96. The summed E-state index contributed by atoms with van der Waals surface area (Å²) in [7, 11) is 0. The normalized spacial score (nSPS) is 15.3. The quantitative estimate of drug-likeness (QED) is 0.733. The number of likely N-dealkylation sites (tertiary alicyclic amines) is 1. The first-order chi connectivity index (χ1) is 12.0. The Labute approximate surface area is 145 Å². The van der Waals surface area contributed by atoms with Gasteiger partial charge in [-0.1, -0.05) is 12.1 Å². The average molecular weight is 351 g/mol. The number of ether oxygens (including phenoxy) is 2. The van der Waals surface area contributed by atoms with Gasteiger partial charge >= 0.3 is 6.18 Å². The van der Waals surface area contributed by atoms with Gasteiger partial charge in [-0.15, -0.1) is 0 Å². The minimum atomic E-state index is -4.45. The van der Waals surface area contributed by atoms with Gasteiger partial charge in [0.1, 0.15) is 23.9 Å². The highest BCUT2D eigenvalue weighted by Gasteiger charge is 2.34. The first-order valence-corrected chi connectivity index (χ1v) is 8.32. The summed E-state index contributed by atoms with van der Waals surface area (Å²) in [6.45, 7) is 3.72. The van der Waals surface area contributed by atoms with E-state index in [9.17, 15) is 13.2 Å².